The number of carbonyl (C=O) groups excluding carboxylic acids is 1. The predicted octanol–water partition coefficient (Wildman–Crippen LogP) is 1.36. The first kappa shape index (κ1) is 14.5. The third-order valence-corrected chi connectivity index (χ3v) is 2.81. The first-order chi connectivity index (χ1) is 8.72. The molecule has 1 amide bonds. The van der Waals surface area contributed by atoms with Crippen LogP contribution < -0.4 is 5.32 Å². The van der Waals surface area contributed by atoms with Gasteiger partial charge in [0.25, 0.3) is 0 Å². The number of hydrogen-bond donors (Lipinski definition) is 1. The predicted molar refractivity (Wildman–Crippen MR) is 71.3 cm³/mol. The van der Waals surface area contributed by atoms with E-state index in [9.17, 15) is 4.79 Å². The van der Waals surface area contributed by atoms with Crippen LogP contribution in [0.4, 0.5) is 5.82 Å². The van der Waals surface area contributed by atoms with E-state index in [-0.39, 0.29) is 5.91 Å². The van der Waals surface area contributed by atoms with Crippen molar-refractivity contribution >= 4 is 11.7 Å². The van der Waals surface area contributed by atoms with Crippen LogP contribution in [0.25, 0.3) is 0 Å². The number of anilines is 1. The van der Waals surface area contributed by atoms with Crippen LogP contribution in [-0.2, 0) is 11.3 Å². The second-order valence-electron chi connectivity index (χ2n) is 4.09. The van der Waals surface area contributed by atoms with E-state index in [2.05, 4.69) is 22.6 Å². The lowest BCUT2D eigenvalue weighted by Crippen LogP contribution is -2.31. The molecule has 6 heteroatoms. The normalized spacial score (nSPS) is 10.4. The van der Waals surface area contributed by atoms with Crippen molar-refractivity contribution in [3.63, 3.8) is 0 Å². The first-order valence-corrected chi connectivity index (χ1v) is 6.63. The molecule has 1 aromatic rings. The molecule has 0 aliphatic rings. The second-order valence-corrected chi connectivity index (χ2v) is 4.09. The Hall–Kier alpha value is -1.59. The van der Waals surface area contributed by atoms with Crippen LogP contribution in [0.3, 0.4) is 0 Å². The molecule has 0 fully saturated rings. The number of aromatic nitrogens is 3. The van der Waals surface area contributed by atoms with Gasteiger partial charge in [-0.3, -0.25) is 4.79 Å². The zero-order valence-electron chi connectivity index (χ0n) is 11.5. The molecule has 0 atom stereocenters. The summed E-state index contributed by atoms with van der Waals surface area (Å²) >= 11 is 0. The molecule has 1 rings (SSSR count). The van der Waals surface area contributed by atoms with Crippen LogP contribution >= 0.6 is 0 Å². The van der Waals surface area contributed by atoms with Crippen molar-refractivity contribution in [2.75, 3.05) is 25.0 Å². The molecule has 0 aromatic carbocycles. The quantitative estimate of drug-likeness (QED) is 0.760. The van der Waals surface area contributed by atoms with E-state index >= 15 is 0 Å². The Morgan fingerprint density at radius 1 is 1.39 bits per heavy atom. The fraction of sp³-hybridized carbons (Fsp3) is 0.750. The van der Waals surface area contributed by atoms with E-state index in [4.69, 9.17) is 0 Å². The van der Waals surface area contributed by atoms with Crippen LogP contribution in [-0.4, -0.2) is 45.4 Å². The van der Waals surface area contributed by atoms with Crippen molar-refractivity contribution in [2.45, 2.75) is 40.2 Å². The first-order valence-electron chi connectivity index (χ1n) is 6.63. The minimum Gasteiger partial charge on any atom is -0.368 e. The summed E-state index contributed by atoms with van der Waals surface area (Å²) in [5.74, 6) is 1.06. The molecule has 0 unspecified atom stereocenters. The maximum absolute atomic E-state index is 11.8. The molecular formula is C12H23N5O. The maximum Gasteiger partial charge on any atom is 0.224 e. The monoisotopic (exact) mass is 253 g/mol. The highest BCUT2D eigenvalue weighted by Crippen LogP contribution is 2.05. The van der Waals surface area contributed by atoms with Gasteiger partial charge in [0.05, 0.1) is 6.20 Å². The number of carbonyl (C=O) groups is 1. The third-order valence-electron chi connectivity index (χ3n) is 2.81. The molecule has 1 N–H and O–H groups in total. The van der Waals surface area contributed by atoms with Crippen LogP contribution in [0.15, 0.2) is 6.20 Å². The molecule has 0 radical (unpaired) electrons. The van der Waals surface area contributed by atoms with Gasteiger partial charge in [0, 0.05) is 32.6 Å². The molecule has 0 aliphatic heterocycles. The summed E-state index contributed by atoms with van der Waals surface area (Å²) in [6.45, 7) is 9.08. The number of rotatable bonds is 8. The topological polar surface area (TPSA) is 63.1 Å². The molecule has 1 aromatic heterocycles. The zero-order chi connectivity index (χ0) is 13.4. The number of hydrogen-bond acceptors (Lipinski definition) is 4. The molecule has 18 heavy (non-hydrogen) atoms. The Bertz CT molecular complexity index is 359. The highest BCUT2D eigenvalue weighted by atomic mass is 16.2. The van der Waals surface area contributed by atoms with Gasteiger partial charge in [-0.1, -0.05) is 12.1 Å². The van der Waals surface area contributed by atoms with Crippen LogP contribution in [0, 0.1) is 0 Å². The largest absolute Gasteiger partial charge is 0.368 e. The SMILES string of the molecule is CCCn1nncc1NCCC(=O)N(CC)CC. The van der Waals surface area contributed by atoms with Crippen LogP contribution in [0.2, 0.25) is 0 Å². The van der Waals surface area contributed by atoms with Crippen molar-refractivity contribution in [3.05, 3.63) is 6.20 Å². The summed E-state index contributed by atoms with van der Waals surface area (Å²) in [6.07, 6.45) is 3.20. The molecule has 1 heterocycles. The summed E-state index contributed by atoms with van der Waals surface area (Å²) in [7, 11) is 0. The Kier molecular flexibility index (Phi) is 6.18. The summed E-state index contributed by atoms with van der Waals surface area (Å²) in [4.78, 5) is 13.6. The molecule has 0 saturated heterocycles. The Morgan fingerprint density at radius 2 is 2.11 bits per heavy atom. The number of aryl methyl sites for hydroxylation is 1. The molecule has 0 bridgehead atoms. The van der Waals surface area contributed by atoms with Crippen molar-refractivity contribution in [3.8, 4) is 0 Å². The number of nitrogens with one attached hydrogen (secondary N) is 1. The van der Waals surface area contributed by atoms with Gasteiger partial charge in [0.1, 0.15) is 5.82 Å². The molecule has 0 aliphatic carbocycles. The highest BCUT2D eigenvalue weighted by molar-refractivity contribution is 5.76. The van der Waals surface area contributed by atoms with Gasteiger partial charge >= 0.3 is 0 Å². The fourth-order valence-corrected chi connectivity index (χ4v) is 1.80. The molecule has 0 spiro atoms. The van der Waals surface area contributed by atoms with E-state index in [1.54, 1.807) is 6.20 Å². The van der Waals surface area contributed by atoms with E-state index in [0.717, 1.165) is 31.9 Å². The minimum absolute atomic E-state index is 0.182. The minimum atomic E-state index is 0.182. The Balaban J connectivity index is 2.37. The maximum atomic E-state index is 11.8. The van der Waals surface area contributed by atoms with E-state index in [0.29, 0.717) is 13.0 Å². The summed E-state index contributed by atoms with van der Waals surface area (Å²) in [5, 5.41) is 11.0. The van der Waals surface area contributed by atoms with Crippen LogP contribution in [0.1, 0.15) is 33.6 Å². The van der Waals surface area contributed by atoms with E-state index < -0.39 is 0 Å². The standard InChI is InChI=1S/C12H23N5O/c1-4-9-17-11(10-14-15-17)13-8-7-12(18)16(5-2)6-3/h10,13H,4-9H2,1-3H3. The lowest BCUT2D eigenvalue weighted by Gasteiger charge is -2.18. The molecule has 0 saturated carbocycles. The van der Waals surface area contributed by atoms with Crippen molar-refractivity contribution in [1.29, 1.82) is 0 Å². The second kappa shape index (κ2) is 7.68. The number of amides is 1. The van der Waals surface area contributed by atoms with E-state index in [1.807, 2.05) is 23.4 Å². The van der Waals surface area contributed by atoms with Crippen molar-refractivity contribution in [2.24, 2.45) is 0 Å². The Labute approximate surface area is 108 Å². The van der Waals surface area contributed by atoms with Crippen molar-refractivity contribution < 1.29 is 4.79 Å². The fourth-order valence-electron chi connectivity index (χ4n) is 1.80. The smallest absolute Gasteiger partial charge is 0.224 e. The molecular weight excluding hydrogens is 230 g/mol. The molecule has 6 nitrogen and oxygen atoms in total. The van der Waals surface area contributed by atoms with Gasteiger partial charge in [0.2, 0.25) is 5.91 Å². The number of nitrogens with zero attached hydrogens (tertiary/aromatic N) is 4. The average molecular weight is 253 g/mol. The highest BCUT2D eigenvalue weighted by Gasteiger charge is 2.09. The van der Waals surface area contributed by atoms with Gasteiger partial charge in [-0.15, -0.1) is 5.10 Å². The Morgan fingerprint density at radius 3 is 2.72 bits per heavy atom. The summed E-state index contributed by atoms with van der Waals surface area (Å²) < 4.78 is 1.82. The van der Waals surface area contributed by atoms with Crippen LogP contribution in [0.5, 0.6) is 0 Å². The zero-order valence-corrected chi connectivity index (χ0v) is 11.5. The lowest BCUT2D eigenvalue weighted by atomic mass is 10.3. The van der Waals surface area contributed by atoms with E-state index in [1.165, 1.54) is 0 Å². The lowest BCUT2D eigenvalue weighted by molar-refractivity contribution is -0.130. The molecule has 102 valence electrons. The summed E-state index contributed by atoms with van der Waals surface area (Å²) in [5.41, 5.74) is 0. The third kappa shape index (κ3) is 4.01. The van der Waals surface area contributed by atoms with Gasteiger partial charge < -0.3 is 10.2 Å². The van der Waals surface area contributed by atoms with Crippen molar-refractivity contribution in [1.82, 2.24) is 19.9 Å². The summed E-state index contributed by atoms with van der Waals surface area (Å²) in [6, 6.07) is 0. The van der Waals surface area contributed by atoms with Gasteiger partial charge in [-0.2, -0.15) is 0 Å². The van der Waals surface area contributed by atoms with Gasteiger partial charge in [0.15, 0.2) is 0 Å². The van der Waals surface area contributed by atoms with Gasteiger partial charge in [-0.25, -0.2) is 4.68 Å². The van der Waals surface area contributed by atoms with Gasteiger partial charge in [-0.05, 0) is 20.3 Å². The average Bonchev–Trinajstić information content (AvgIpc) is 2.79.